The molecule has 6 aromatic carbocycles. The average molecular weight is 1730 g/mol. The average Bonchev–Trinajstić information content (AvgIpc) is 1.60. The summed E-state index contributed by atoms with van der Waals surface area (Å²) in [5.74, 6) is 3.72. The summed E-state index contributed by atoms with van der Waals surface area (Å²) in [4.78, 5) is 97.4. The number of benzene rings is 6. The van der Waals surface area contributed by atoms with E-state index in [4.69, 9.17) is 81.7 Å². The number of hydrogen-bond acceptors (Lipinski definition) is 32. The number of aryl methyl sites for hydroxylation is 2. The molecule has 6 aliphatic rings. The van der Waals surface area contributed by atoms with Crippen molar-refractivity contribution in [2.45, 2.75) is 146 Å². The van der Waals surface area contributed by atoms with Crippen molar-refractivity contribution < 1.29 is 150 Å². The maximum Gasteiger partial charge on any atom is 0.416 e. The number of anilines is 2. The summed E-state index contributed by atoms with van der Waals surface area (Å²) in [7, 11) is 4.38. The molecule has 2 saturated heterocycles. The summed E-state index contributed by atoms with van der Waals surface area (Å²) >= 11 is 0. The largest absolute Gasteiger partial charge is 0.497 e. The third-order valence-corrected chi connectivity index (χ3v) is 21.6. The molecule has 36 nitrogen and oxygen atoms in total. The number of methoxy groups -OCH3 is 3. The first kappa shape index (κ1) is 92.9. The Balaban J connectivity index is 0.751. The van der Waals surface area contributed by atoms with Gasteiger partial charge in [-0.2, -0.15) is 0 Å². The van der Waals surface area contributed by atoms with Crippen molar-refractivity contribution in [1.82, 2.24) is 9.80 Å². The lowest BCUT2D eigenvalue weighted by Gasteiger charge is -2.35. The summed E-state index contributed by atoms with van der Waals surface area (Å²) in [6, 6.07) is 27.0. The number of amides is 4. The highest BCUT2D eigenvalue weighted by molar-refractivity contribution is 6.08. The zero-order valence-corrected chi connectivity index (χ0v) is 69.5. The van der Waals surface area contributed by atoms with Gasteiger partial charge < -0.3 is 131 Å². The molecule has 10 N–H and O–H groups in total. The minimum atomic E-state index is -1.76. The number of ether oxygens (including phenoxy) is 16. The van der Waals surface area contributed by atoms with Gasteiger partial charge in [0.15, 0.2) is 35.5 Å². The maximum absolute atomic E-state index is 15.1. The van der Waals surface area contributed by atoms with Crippen molar-refractivity contribution in [2.24, 2.45) is 5.90 Å². The number of carbonyl (C=O) groups excluding carboxylic acids is 6. The maximum atomic E-state index is 15.1. The van der Waals surface area contributed by atoms with Gasteiger partial charge in [0.2, 0.25) is 12.6 Å². The molecule has 0 bridgehead atoms. The quantitative estimate of drug-likeness (QED) is 0.0124. The predicted molar refractivity (Wildman–Crippen MR) is 439 cm³/mol. The van der Waals surface area contributed by atoms with Gasteiger partial charge in [0.05, 0.1) is 152 Å². The van der Waals surface area contributed by atoms with Gasteiger partial charge >= 0.3 is 12.2 Å². The zero-order chi connectivity index (χ0) is 88.1. The van der Waals surface area contributed by atoms with E-state index in [1.807, 2.05) is 43.3 Å². The highest BCUT2D eigenvalue weighted by Crippen LogP contribution is 2.46. The van der Waals surface area contributed by atoms with E-state index in [1.54, 1.807) is 31.5 Å². The monoisotopic (exact) mass is 1730 g/mol. The summed E-state index contributed by atoms with van der Waals surface area (Å²) in [6.07, 6.45) is -14.1. The minimum Gasteiger partial charge on any atom is -0.497 e. The molecule has 0 aliphatic carbocycles. The third kappa shape index (κ3) is 22.9. The van der Waals surface area contributed by atoms with Gasteiger partial charge in [-0.05, 0) is 127 Å². The topological polar surface area (TPSA) is 460 Å². The molecule has 36 heteroatoms. The molecule has 0 radical (unpaired) electrons. The van der Waals surface area contributed by atoms with Crippen LogP contribution in [-0.2, 0) is 65.4 Å². The van der Waals surface area contributed by atoms with E-state index in [9.17, 15) is 55.2 Å². The van der Waals surface area contributed by atoms with Crippen molar-refractivity contribution >= 4 is 58.1 Å². The SMILES string of the molecule is COCCCC(=O)c1cc(COC(=O)N2c3cc(OCCCOc4cc5c(cc4C)C(=O)N4C=C(c6ccc(OC)cc6)C[C@H]4C(O)N5C(=O)OCc4ccc(O[C@@H]5OC[C@@H](O)[C@H](O)[C@H]5O)c(C(=O)CCCOCCOCCOCCOCCOCCON)c4)c(OC)cc3C(=O)N3C=C(c4ccc(C)cc4)C[C@H]3C2O)ccc1O[C@@H]1OC[C@@H](O)[C@H](O)[C@H]1O. The van der Waals surface area contributed by atoms with Crippen molar-refractivity contribution in [3.8, 4) is 34.5 Å². The van der Waals surface area contributed by atoms with E-state index < -0.39 is 129 Å². The van der Waals surface area contributed by atoms with Gasteiger partial charge in [-0.3, -0.25) is 19.2 Å². The number of rotatable bonds is 43. The molecule has 12 rings (SSSR count). The van der Waals surface area contributed by atoms with Crippen LogP contribution in [-0.4, -0.2) is 287 Å². The van der Waals surface area contributed by atoms with Gasteiger partial charge in [-0.1, -0.05) is 54.1 Å². The summed E-state index contributed by atoms with van der Waals surface area (Å²) in [5, 5.41) is 88.1. The lowest BCUT2D eigenvalue weighted by molar-refractivity contribution is -0.242. The number of nitrogens with two attached hydrogens (primary N) is 1. The standard InChI is InChI=1S/C88H107N5O31/c1-51-11-15-55(16-12-51)57-40-67-84(105)93(88(107)121-48-53-13-21-72(62(38-53)68(94)9-6-23-108-3)123-85-79(100)77(98)70(96)49-118-85)65-44-76(75(110-5)42-61(65)82(103)91(67)45-57)117-26-8-25-116-74-43-64-60(37-52(74)2)81(102)90-46-58(56-17-19-59(109-4)20-18-56)41-66(90)83(104)92(64)87(106)120-47-54-14-22-73(124-86-80(101)78(99)71(97)50-119-86)63(39-54)69(95)10-7-24-111-27-28-112-29-30-113-31-32-114-33-34-115-35-36-122-89/h11-22,37-39,42-46,66-67,70-71,77-80,83-86,96-101,104-105H,6-10,23-36,40-41,47-50,89H2,1-5H3/t66-,67-,70+,71+,77-,78-,79+,80+,83?,84?,85-,86-/m0/s1. The normalized spacial score (nSPS) is 22.2. The van der Waals surface area contributed by atoms with E-state index in [0.29, 0.717) is 75.1 Å². The minimum absolute atomic E-state index is 0.000308. The number of aliphatic hydroxyl groups is 8. The van der Waals surface area contributed by atoms with Crippen LogP contribution in [0.3, 0.4) is 0 Å². The molecule has 6 aliphatic heterocycles. The van der Waals surface area contributed by atoms with Gasteiger partial charge in [-0.25, -0.2) is 25.3 Å². The Bertz CT molecular complexity index is 4700. The van der Waals surface area contributed by atoms with Crippen molar-refractivity contribution in [2.75, 3.05) is 137 Å². The summed E-state index contributed by atoms with van der Waals surface area (Å²) < 4.78 is 91.9. The number of aliphatic hydroxyl groups excluding tert-OH is 8. The van der Waals surface area contributed by atoms with E-state index in [1.165, 1.54) is 91.8 Å². The van der Waals surface area contributed by atoms with Crippen LogP contribution in [0.5, 0.6) is 34.5 Å². The fourth-order valence-electron chi connectivity index (χ4n) is 14.8. The highest BCUT2D eigenvalue weighted by atomic mass is 16.7. The molecule has 670 valence electrons. The molecule has 4 amide bonds. The first-order valence-electron chi connectivity index (χ1n) is 40.8. The van der Waals surface area contributed by atoms with E-state index in [2.05, 4.69) is 4.84 Å². The smallest absolute Gasteiger partial charge is 0.416 e. The molecule has 124 heavy (non-hydrogen) atoms. The Morgan fingerprint density at radius 3 is 1.35 bits per heavy atom. The van der Waals surface area contributed by atoms with E-state index >= 15 is 14.4 Å². The first-order valence-corrected chi connectivity index (χ1v) is 40.8. The molecule has 6 aromatic rings. The van der Waals surface area contributed by atoms with Gasteiger partial charge in [0.25, 0.3) is 11.8 Å². The molecule has 0 saturated carbocycles. The van der Waals surface area contributed by atoms with Crippen LogP contribution in [0.1, 0.15) is 120 Å². The van der Waals surface area contributed by atoms with Crippen molar-refractivity contribution in [1.29, 1.82) is 0 Å². The van der Waals surface area contributed by atoms with Crippen LogP contribution in [0.15, 0.2) is 122 Å². The Kier molecular flexibility index (Phi) is 33.4. The second-order valence-corrected chi connectivity index (χ2v) is 30.1. The number of hydrogen-bond donors (Lipinski definition) is 9. The number of ketones is 2. The number of nitrogens with zero attached hydrogens (tertiary/aromatic N) is 4. The number of fused-ring (bicyclic) bond motifs is 4. The van der Waals surface area contributed by atoms with Crippen LogP contribution in [0, 0.1) is 13.8 Å². The number of Topliss-reactive ketones (excluding diaryl/α,β-unsaturated/α-hetero) is 2. The van der Waals surface area contributed by atoms with Crippen LogP contribution >= 0.6 is 0 Å². The third-order valence-electron chi connectivity index (χ3n) is 21.6. The molecule has 0 aromatic heterocycles. The molecular weight excluding hydrogens is 1620 g/mol. The van der Waals surface area contributed by atoms with Gasteiger partial charge in [0, 0.05) is 64.1 Å². The Morgan fingerprint density at radius 1 is 0.452 bits per heavy atom. The van der Waals surface area contributed by atoms with E-state index in [0.717, 1.165) is 26.5 Å². The fourth-order valence-corrected chi connectivity index (χ4v) is 14.8. The summed E-state index contributed by atoms with van der Waals surface area (Å²) in [6.45, 7) is 5.38. The van der Waals surface area contributed by atoms with Crippen LogP contribution in [0.2, 0.25) is 0 Å². The van der Waals surface area contributed by atoms with Crippen molar-refractivity contribution in [3.63, 3.8) is 0 Å². The van der Waals surface area contributed by atoms with Crippen molar-refractivity contribution in [3.05, 3.63) is 177 Å². The Hall–Kier alpha value is -10.3. The van der Waals surface area contributed by atoms with Crippen LogP contribution in [0.25, 0.3) is 11.1 Å². The lowest BCUT2D eigenvalue weighted by atomic mass is 10.0. The zero-order valence-electron chi connectivity index (χ0n) is 69.5. The molecule has 12 atom stereocenters. The number of carbonyl (C=O) groups is 6. The van der Waals surface area contributed by atoms with E-state index in [-0.39, 0.29) is 165 Å². The Morgan fingerprint density at radius 2 is 0.887 bits per heavy atom. The predicted octanol–water partition coefficient (Wildman–Crippen LogP) is 5.81. The lowest BCUT2D eigenvalue weighted by Crippen LogP contribution is -2.54. The van der Waals surface area contributed by atoms with Crippen LogP contribution in [0.4, 0.5) is 21.0 Å². The summed E-state index contributed by atoms with van der Waals surface area (Å²) in [5.41, 5.74) is 4.58. The van der Waals surface area contributed by atoms with Gasteiger partial charge in [0.1, 0.15) is 72.8 Å². The second-order valence-electron chi connectivity index (χ2n) is 30.1. The molecule has 6 heterocycles. The fraction of sp³-hybridized carbons (Fsp3) is 0.477. The molecule has 0 spiro atoms. The molecule has 2 unspecified atom stereocenters. The van der Waals surface area contributed by atoms with Gasteiger partial charge in [-0.15, -0.1) is 0 Å². The molecule has 2 fully saturated rings. The Labute approximate surface area is 715 Å². The molecular formula is C88H107N5O31. The van der Waals surface area contributed by atoms with Crippen LogP contribution < -0.4 is 44.1 Å². The second kappa shape index (κ2) is 44.5. The first-order chi connectivity index (χ1) is 60.0. The highest BCUT2D eigenvalue weighted by Gasteiger charge is 2.49.